The van der Waals surface area contributed by atoms with Crippen LogP contribution in [0.4, 0.5) is 0 Å². The molecular weight excluding hydrogens is 368 g/mol. The van der Waals surface area contributed by atoms with E-state index in [0.29, 0.717) is 31.5 Å². The van der Waals surface area contributed by atoms with Crippen LogP contribution in [0, 0.1) is 11.8 Å². The molecule has 27 heavy (non-hydrogen) atoms. The number of benzene rings is 1. The van der Waals surface area contributed by atoms with E-state index in [1.165, 1.54) is 9.21 Å². The van der Waals surface area contributed by atoms with Gasteiger partial charge in [0.25, 0.3) is 0 Å². The van der Waals surface area contributed by atoms with Crippen molar-refractivity contribution in [1.82, 2.24) is 9.21 Å². The van der Waals surface area contributed by atoms with Crippen molar-refractivity contribution in [2.75, 3.05) is 26.2 Å². The summed E-state index contributed by atoms with van der Waals surface area (Å²) < 4.78 is 26.9. The van der Waals surface area contributed by atoms with Crippen molar-refractivity contribution in [1.29, 1.82) is 0 Å². The average molecular weight is 397 g/mol. The predicted molar refractivity (Wildman–Crippen MR) is 102 cm³/mol. The minimum Gasteiger partial charge on any atom is -0.480 e. The largest absolute Gasteiger partial charge is 0.480 e. The smallest absolute Gasteiger partial charge is 0.323 e. The Morgan fingerprint density at radius 3 is 2.52 bits per heavy atom. The van der Waals surface area contributed by atoms with Crippen LogP contribution < -0.4 is 0 Å². The maximum Gasteiger partial charge on any atom is 0.323 e. The van der Waals surface area contributed by atoms with Gasteiger partial charge in [-0.25, -0.2) is 12.7 Å². The number of sulfonamides is 1. The van der Waals surface area contributed by atoms with E-state index in [4.69, 9.17) is 5.11 Å². The van der Waals surface area contributed by atoms with E-state index in [0.717, 1.165) is 0 Å². The third-order valence-electron chi connectivity index (χ3n) is 4.54. The molecule has 1 aromatic carbocycles. The zero-order valence-electron chi connectivity index (χ0n) is 15.9. The summed E-state index contributed by atoms with van der Waals surface area (Å²) in [6.07, 6.45) is 1.16. The number of amides is 1. The highest BCUT2D eigenvalue weighted by atomic mass is 32.2. The molecule has 0 radical (unpaired) electrons. The second-order valence-electron chi connectivity index (χ2n) is 7.45. The number of hydrogen-bond donors (Lipinski definition) is 1. The number of carbonyl (C=O) groups is 2. The fourth-order valence-electron chi connectivity index (χ4n) is 3.37. The lowest BCUT2D eigenvalue weighted by molar-refractivity contribution is -0.147. The molecule has 0 aromatic heterocycles. The Kier molecular flexibility index (Phi) is 7.38. The lowest BCUT2D eigenvalue weighted by atomic mass is 9.97. The Labute approximate surface area is 161 Å². The molecule has 1 fully saturated rings. The van der Waals surface area contributed by atoms with Crippen LogP contribution in [0.3, 0.4) is 0 Å². The van der Waals surface area contributed by atoms with Crippen molar-refractivity contribution in [3.63, 3.8) is 0 Å². The van der Waals surface area contributed by atoms with Crippen LogP contribution in [-0.4, -0.2) is 60.8 Å². The molecular formula is C19H28N2O5S. The van der Waals surface area contributed by atoms with E-state index in [1.54, 1.807) is 24.3 Å². The van der Waals surface area contributed by atoms with Gasteiger partial charge in [0, 0.05) is 19.6 Å². The fraction of sp³-hybridized carbons (Fsp3) is 0.579. The Morgan fingerprint density at radius 1 is 1.26 bits per heavy atom. The van der Waals surface area contributed by atoms with E-state index in [9.17, 15) is 18.0 Å². The number of piperidine rings is 1. The number of aliphatic carboxylic acids is 1. The van der Waals surface area contributed by atoms with Crippen molar-refractivity contribution >= 4 is 21.9 Å². The van der Waals surface area contributed by atoms with E-state index >= 15 is 0 Å². The first kappa shape index (κ1) is 21.4. The number of carboxylic acids is 1. The lowest BCUT2D eigenvalue weighted by Gasteiger charge is -2.34. The van der Waals surface area contributed by atoms with Crippen LogP contribution in [0.25, 0.3) is 0 Å². The molecule has 150 valence electrons. The highest BCUT2D eigenvalue weighted by Gasteiger charge is 2.34. The van der Waals surface area contributed by atoms with Gasteiger partial charge in [0.1, 0.15) is 6.54 Å². The van der Waals surface area contributed by atoms with E-state index < -0.39 is 21.9 Å². The van der Waals surface area contributed by atoms with Gasteiger partial charge in [0.2, 0.25) is 15.9 Å². The van der Waals surface area contributed by atoms with Gasteiger partial charge < -0.3 is 10.0 Å². The Bertz CT molecular complexity index is 749. The Hall–Kier alpha value is -1.93. The normalized spacial score (nSPS) is 18.4. The Morgan fingerprint density at radius 2 is 1.93 bits per heavy atom. The van der Waals surface area contributed by atoms with Crippen LogP contribution in [-0.2, 0) is 25.4 Å². The highest BCUT2D eigenvalue weighted by molar-refractivity contribution is 7.88. The van der Waals surface area contributed by atoms with Crippen molar-refractivity contribution in [3.05, 3.63) is 35.9 Å². The molecule has 0 aliphatic carbocycles. The van der Waals surface area contributed by atoms with Crippen molar-refractivity contribution in [3.8, 4) is 0 Å². The van der Waals surface area contributed by atoms with Gasteiger partial charge >= 0.3 is 5.97 Å². The number of hydrogen-bond acceptors (Lipinski definition) is 4. The number of nitrogens with zero attached hydrogens (tertiary/aromatic N) is 2. The first-order valence-corrected chi connectivity index (χ1v) is 10.8. The van der Waals surface area contributed by atoms with Crippen molar-refractivity contribution in [2.24, 2.45) is 11.8 Å². The van der Waals surface area contributed by atoms with Crippen LogP contribution in [0.15, 0.2) is 30.3 Å². The molecule has 1 amide bonds. The molecule has 2 rings (SSSR count). The van der Waals surface area contributed by atoms with E-state index in [1.807, 2.05) is 19.9 Å². The monoisotopic (exact) mass is 396 g/mol. The molecule has 7 nitrogen and oxygen atoms in total. The minimum atomic E-state index is -3.53. The molecule has 1 aliphatic rings. The molecule has 1 unspecified atom stereocenters. The van der Waals surface area contributed by atoms with E-state index in [2.05, 4.69) is 0 Å². The average Bonchev–Trinajstić information content (AvgIpc) is 2.60. The second kappa shape index (κ2) is 9.32. The first-order chi connectivity index (χ1) is 12.7. The van der Waals surface area contributed by atoms with Gasteiger partial charge in [0.15, 0.2) is 0 Å². The van der Waals surface area contributed by atoms with Crippen molar-refractivity contribution in [2.45, 2.75) is 32.4 Å². The van der Waals surface area contributed by atoms with Gasteiger partial charge in [-0.3, -0.25) is 9.59 Å². The van der Waals surface area contributed by atoms with Crippen LogP contribution in [0.5, 0.6) is 0 Å². The van der Waals surface area contributed by atoms with Gasteiger partial charge in [-0.1, -0.05) is 44.2 Å². The highest BCUT2D eigenvalue weighted by Crippen LogP contribution is 2.23. The summed E-state index contributed by atoms with van der Waals surface area (Å²) in [4.78, 5) is 25.3. The van der Waals surface area contributed by atoms with Crippen LogP contribution in [0.1, 0.15) is 32.3 Å². The van der Waals surface area contributed by atoms with Crippen LogP contribution >= 0.6 is 0 Å². The zero-order valence-corrected chi connectivity index (χ0v) is 16.7. The fourth-order valence-corrected chi connectivity index (χ4v) is 4.98. The maximum atomic E-state index is 12.8. The molecule has 1 atom stereocenters. The summed E-state index contributed by atoms with van der Waals surface area (Å²) in [7, 11) is -3.53. The molecule has 0 bridgehead atoms. The third-order valence-corrected chi connectivity index (χ3v) is 6.36. The summed E-state index contributed by atoms with van der Waals surface area (Å²) in [5, 5.41) is 9.09. The van der Waals surface area contributed by atoms with Gasteiger partial charge in [0.05, 0.1) is 11.7 Å². The van der Waals surface area contributed by atoms with E-state index in [-0.39, 0.29) is 30.7 Å². The molecule has 1 heterocycles. The summed E-state index contributed by atoms with van der Waals surface area (Å²) >= 11 is 0. The molecule has 1 aromatic rings. The topological polar surface area (TPSA) is 95.0 Å². The molecule has 1 saturated heterocycles. The molecule has 1 aliphatic heterocycles. The lowest BCUT2D eigenvalue weighted by Crippen LogP contribution is -2.48. The van der Waals surface area contributed by atoms with Gasteiger partial charge in [-0.2, -0.15) is 0 Å². The minimum absolute atomic E-state index is 0.0976. The number of carboxylic acid groups (broad SMARTS) is 1. The van der Waals surface area contributed by atoms with Gasteiger partial charge in [-0.15, -0.1) is 0 Å². The molecule has 1 N–H and O–H groups in total. The quantitative estimate of drug-likeness (QED) is 0.723. The molecule has 0 spiro atoms. The van der Waals surface area contributed by atoms with Crippen LogP contribution in [0.2, 0.25) is 0 Å². The standard InChI is InChI=1S/C19H28N2O5S/c1-15(2)11-20(13-18(22)23)19(24)17-9-6-10-21(12-17)27(25,26)14-16-7-4-3-5-8-16/h3-5,7-8,15,17H,6,9-14H2,1-2H3,(H,22,23). The first-order valence-electron chi connectivity index (χ1n) is 9.21. The number of carbonyl (C=O) groups excluding carboxylic acids is 1. The third kappa shape index (κ3) is 6.32. The van der Waals surface area contributed by atoms with Crippen molar-refractivity contribution < 1.29 is 23.1 Å². The summed E-state index contributed by atoms with van der Waals surface area (Å²) in [6.45, 7) is 4.33. The predicted octanol–water partition coefficient (Wildman–Crippen LogP) is 1.80. The van der Waals surface area contributed by atoms with Gasteiger partial charge in [-0.05, 0) is 24.3 Å². The maximum absolute atomic E-state index is 12.8. The second-order valence-corrected chi connectivity index (χ2v) is 9.41. The number of rotatable bonds is 8. The molecule has 0 saturated carbocycles. The zero-order chi connectivity index (χ0) is 20.0. The summed E-state index contributed by atoms with van der Waals surface area (Å²) in [5.74, 6) is -1.80. The Balaban J connectivity index is 2.09. The summed E-state index contributed by atoms with van der Waals surface area (Å²) in [6, 6.07) is 8.95. The SMILES string of the molecule is CC(C)CN(CC(=O)O)C(=O)C1CCCN(S(=O)(=O)Cc2ccccc2)C1. The molecule has 8 heteroatoms. The summed E-state index contributed by atoms with van der Waals surface area (Å²) in [5.41, 5.74) is 0.707.